The molecule has 15 heavy (non-hydrogen) atoms. The molecule has 1 aromatic rings. The SMILES string of the molecule is Cc1cc(NCC(C)(O)CO)nc(Cl)n1. The van der Waals surface area contributed by atoms with Gasteiger partial charge in [0.1, 0.15) is 11.4 Å². The third kappa shape index (κ3) is 3.99. The van der Waals surface area contributed by atoms with E-state index >= 15 is 0 Å². The predicted molar refractivity (Wildman–Crippen MR) is 58.0 cm³/mol. The van der Waals surface area contributed by atoms with Gasteiger partial charge in [-0.3, -0.25) is 0 Å². The van der Waals surface area contributed by atoms with Crippen molar-refractivity contribution in [3.05, 3.63) is 17.0 Å². The van der Waals surface area contributed by atoms with Crippen molar-refractivity contribution < 1.29 is 10.2 Å². The van der Waals surface area contributed by atoms with E-state index in [9.17, 15) is 5.11 Å². The lowest BCUT2D eigenvalue weighted by Gasteiger charge is -2.20. The molecule has 0 aliphatic carbocycles. The Hall–Kier alpha value is -0.910. The third-order valence-corrected chi connectivity index (χ3v) is 1.99. The monoisotopic (exact) mass is 231 g/mol. The van der Waals surface area contributed by atoms with Crippen LogP contribution in [0.25, 0.3) is 0 Å². The Morgan fingerprint density at radius 2 is 2.20 bits per heavy atom. The first-order chi connectivity index (χ1) is 6.93. The first kappa shape index (κ1) is 12.2. The zero-order valence-corrected chi connectivity index (χ0v) is 9.41. The molecule has 1 aromatic heterocycles. The van der Waals surface area contributed by atoms with Gasteiger partial charge in [-0.05, 0) is 25.4 Å². The van der Waals surface area contributed by atoms with Crippen molar-refractivity contribution >= 4 is 17.4 Å². The van der Waals surface area contributed by atoms with E-state index in [0.29, 0.717) is 5.82 Å². The highest BCUT2D eigenvalue weighted by atomic mass is 35.5. The van der Waals surface area contributed by atoms with Gasteiger partial charge in [-0.2, -0.15) is 0 Å². The Kier molecular flexibility index (Phi) is 3.84. The minimum atomic E-state index is -1.18. The van der Waals surface area contributed by atoms with E-state index < -0.39 is 5.60 Å². The van der Waals surface area contributed by atoms with Gasteiger partial charge >= 0.3 is 0 Å². The summed E-state index contributed by atoms with van der Waals surface area (Å²) in [6, 6.07) is 1.71. The summed E-state index contributed by atoms with van der Waals surface area (Å²) < 4.78 is 0. The number of hydrogen-bond acceptors (Lipinski definition) is 5. The fourth-order valence-corrected chi connectivity index (χ4v) is 1.18. The van der Waals surface area contributed by atoms with Crippen LogP contribution in [0, 0.1) is 6.92 Å². The summed E-state index contributed by atoms with van der Waals surface area (Å²) in [5.41, 5.74) is -0.438. The zero-order valence-electron chi connectivity index (χ0n) is 8.66. The average molecular weight is 232 g/mol. The minimum Gasteiger partial charge on any atom is -0.393 e. The van der Waals surface area contributed by atoms with Crippen molar-refractivity contribution in [2.45, 2.75) is 19.4 Å². The van der Waals surface area contributed by atoms with Gasteiger partial charge in [-0.1, -0.05) is 0 Å². The molecule has 0 aromatic carbocycles. The molecule has 3 N–H and O–H groups in total. The minimum absolute atomic E-state index is 0.154. The summed E-state index contributed by atoms with van der Waals surface area (Å²) >= 11 is 5.66. The van der Waals surface area contributed by atoms with Crippen LogP contribution in [0.1, 0.15) is 12.6 Å². The molecule has 0 spiro atoms. The number of aliphatic hydroxyl groups is 2. The van der Waals surface area contributed by atoms with Crippen LogP contribution in [0.15, 0.2) is 6.07 Å². The first-order valence-electron chi connectivity index (χ1n) is 4.51. The highest BCUT2D eigenvalue weighted by molar-refractivity contribution is 6.28. The van der Waals surface area contributed by atoms with Crippen molar-refractivity contribution in [3.63, 3.8) is 0 Å². The molecule has 0 saturated carbocycles. The van der Waals surface area contributed by atoms with Crippen LogP contribution in [0.4, 0.5) is 5.82 Å². The summed E-state index contributed by atoms with van der Waals surface area (Å²) in [5, 5.41) is 21.4. The summed E-state index contributed by atoms with van der Waals surface area (Å²) in [6.45, 7) is 3.19. The molecule has 1 rings (SSSR count). The van der Waals surface area contributed by atoms with Gasteiger partial charge in [-0.15, -0.1) is 0 Å². The van der Waals surface area contributed by atoms with E-state index in [4.69, 9.17) is 16.7 Å². The maximum Gasteiger partial charge on any atom is 0.224 e. The second kappa shape index (κ2) is 4.74. The number of aliphatic hydroxyl groups excluding tert-OH is 1. The molecule has 0 fully saturated rings. The molecule has 84 valence electrons. The Bertz CT molecular complexity index is 324. The predicted octanol–water partition coefficient (Wildman–Crippen LogP) is 0.594. The number of aryl methyl sites for hydroxylation is 1. The Balaban J connectivity index is 2.65. The fourth-order valence-electron chi connectivity index (χ4n) is 0.960. The van der Waals surface area contributed by atoms with Crippen LogP contribution in [0.5, 0.6) is 0 Å². The molecule has 0 saturated heterocycles. The molecule has 0 aliphatic rings. The van der Waals surface area contributed by atoms with Crippen LogP contribution in [0.2, 0.25) is 5.28 Å². The quantitative estimate of drug-likeness (QED) is 0.662. The molecular weight excluding hydrogens is 218 g/mol. The molecule has 1 unspecified atom stereocenters. The second-order valence-corrected chi connectivity index (χ2v) is 4.01. The van der Waals surface area contributed by atoms with E-state index in [1.807, 2.05) is 0 Å². The van der Waals surface area contributed by atoms with Crippen molar-refractivity contribution in [3.8, 4) is 0 Å². The number of anilines is 1. The molecule has 0 bridgehead atoms. The van der Waals surface area contributed by atoms with Crippen molar-refractivity contribution in [2.24, 2.45) is 0 Å². The maximum absolute atomic E-state index is 9.53. The summed E-state index contributed by atoms with van der Waals surface area (Å²) in [7, 11) is 0. The topological polar surface area (TPSA) is 78.3 Å². The number of rotatable bonds is 4. The van der Waals surface area contributed by atoms with Gasteiger partial charge < -0.3 is 15.5 Å². The second-order valence-electron chi connectivity index (χ2n) is 3.67. The lowest BCUT2D eigenvalue weighted by molar-refractivity contribution is 0.0131. The van der Waals surface area contributed by atoms with Crippen LogP contribution in [-0.4, -0.2) is 38.9 Å². The van der Waals surface area contributed by atoms with Gasteiger partial charge in [0.05, 0.1) is 6.61 Å². The van der Waals surface area contributed by atoms with E-state index in [-0.39, 0.29) is 18.4 Å². The Morgan fingerprint density at radius 3 is 2.73 bits per heavy atom. The van der Waals surface area contributed by atoms with Crippen LogP contribution in [0.3, 0.4) is 0 Å². The molecule has 0 radical (unpaired) electrons. The van der Waals surface area contributed by atoms with Gasteiger partial charge in [0, 0.05) is 18.3 Å². The number of hydrogen-bond donors (Lipinski definition) is 3. The largest absolute Gasteiger partial charge is 0.393 e. The number of halogens is 1. The number of nitrogens with zero attached hydrogens (tertiary/aromatic N) is 2. The molecular formula is C9H14ClN3O2. The molecule has 6 heteroatoms. The van der Waals surface area contributed by atoms with Crippen molar-refractivity contribution in [1.82, 2.24) is 9.97 Å². The maximum atomic E-state index is 9.53. The first-order valence-corrected chi connectivity index (χ1v) is 4.89. The van der Waals surface area contributed by atoms with Gasteiger partial charge in [0.2, 0.25) is 5.28 Å². The van der Waals surface area contributed by atoms with Crippen molar-refractivity contribution in [1.29, 1.82) is 0 Å². The van der Waals surface area contributed by atoms with Crippen LogP contribution < -0.4 is 5.32 Å². The molecule has 5 nitrogen and oxygen atoms in total. The number of nitrogens with one attached hydrogen (secondary N) is 1. The molecule has 0 aliphatic heterocycles. The van der Waals surface area contributed by atoms with Gasteiger partial charge in [-0.25, -0.2) is 9.97 Å². The molecule has 1 heterocycles. The fraction of sp³-hybridized carbons (Fsp3) is 0.556. The van der Waals surface area contributed by atoms with Gasteiger partial charge in [0.15, 0.2) is 0 Å². The standard InChI is InChI=1S/C9H14ClN3O2/c1-6-3-7(13-8(10)12-6)11-4-9(2,15)5-14/h3,14-15H,4-5H2,1-2H3,(H,11,12,13). The Labute approximate surface area is 93.1 Å². The normalized spacial score (nSPS) is 14.7. The summed E-state index contributed by atoms with van der Waals surface area (Å²) in [6.07, 6.45) is 0. The van der Waals surface area contributed by atoms with Crippen molar-refractivity contribution in [2.75, 3.05) is 18.5 Å². The average Bonchev–Trinajstić information content (AvgIpc) is 2.14. The van der Waals surface area contributed by atoms with Crippen LogP contribution in [-0.2, 0) is 0 Å². The van der Waals surface area contributed by atoms with E-state index in [2.05, 4.69) is 15.3 Å². The highest BCUT2D eigenvalue weighted by Gasteiger charge is 2.18. The number of aromatic nitrogens is 2. The lowest BCUT2D eigenvalue weighted by Crippen LogP contribution is -2.37. The van der Waals surface area contributed by atoms with E-state index in [0.717, 1.165) is 5.69 Å². The van der Waals surface area contributed by atoms with E-state index in [1.54, 1.807) is 13.0 Å². The van der Waals surface area contributed by atoms with E-state index in [1.165, 1.54) is 6.92 Å². The Morgan fingerprint density at radius 1 is 1.53 bits per heavy atom. The summed E-state index contributed by atoms with van der Waals surface area (Å²) in [4.78, 5) is 7.82. The third-order valence-electron chi connectivity index (χ3n) is 1.82. The van der Waals surface area contributed by atoms with Crippen LogP contribution >= 0.6 is 11.6 Å². The lowest BCUT2D eigenvalue weighted by atomic mass is 10.1. The van der Waals surface area contributed by atoms with Gasteiger partial charge in [0.25, 0.3) is 0 Å². The molecule has 0 amide bonds. The zero-order chi connectivity index (χ0) is 11.5. The highest BCUT2D eigenvalue weighted by Crippen LogP contribution is 2.11. The summed E-state index contributed by atoms with van der Waals surface area (Å²) in [5.74, 6) is 0.529. The molecule has 1 atom stereocenters. The smallest absolute Gasteiger partial charge is 0.224 e.